The van der Waals surface area contributed by atoms with Crippen molar-refractivity contribution in [3.8, 4) is 5.88 Å². The number of methoxy groups -OCH3 is 2. The van der Waals surface area contributed by atoms with Crippen LogP contribution in [-0.4, -0.2) is 35.9 Å². The Morgan fingerprint density at radius 2 is 2.25 bits per heavy atom. The summed E-state index contributed by atoms with van der Waals surface area (Å²) in [5.41, 5.74) is 5.49. The summed E-state index contributed by atoms with van der Waals surface area (Å²) in [6.07, 6.45) is 0.327. The fourth-order valence-corrected chi connectivity index (χ4v) is 1.76. The second-order valence-electron chi connectivity index (χ2n) is 2.78. The molecule has 1 aromatic heterocycles. The first-order valence-corrected chi connectivity index (χ1v) is 5.52. The maximum atomic E-state index is 10.9. The van der Waals surface area contributed by atoms with Gasteiger partial charge < -0.3 is 15.2 Å². The molecule has 0 spiro atoms. The topological polar surface area (TPSA) is 87.3 Å². The number of carbonyl (C=O) groups excluding carboxylic acids is 1. The Morgan fingerprint density at radius 1 is 1.50 bits per heavy atom. The number of nitrogens with two attached hydrogens (primary N) is 1. The van der Waals surface area contributed by atoms with Gasteiger partial charge in [-0.2, -0.15) is 4.98 Å². The fraction of sp³-hybridized carbons (Fsp3) is 0.444. The van der Waals surface area contributed by atoms with Crippen molar-refractivity contribution >= 4 is 23.7 Å². The van der Waals surface area contributed by atoms with E-state index >= 15 is 0 Å². The molecule has 1 aromatic rings. The van der Waals surface area contributed by atoms with Crippen molar-refractivity contribution in [2.24, 2.45) is 0 Å². The molecule has 1 heterocycles. The van der Waals surface area contributed by atoms with Crippen molar-refractivity contribution in [2.45, 2.75) is 11.4 Å². The van der Waals surface area contributed by atoms with Gasteiger partial charge in [-0.25, -0.2) is 4.98 Å². The van der Waals surface area contributed by atoms with Crippen LogP contribution in [0.3, 0.4) is 0 Å². The molecule has 0 saturated carbocycles. The summed E-state index contributed by atoms with van der Waals surface area (Å²) >= 11 is 1.40. The molecular weight excluding hydrogens is 230 g/mol. The van der Waals surface area contributed by atoms with E-state index < -0.39 is 0 Å². The number of anilines is 1. The number of hydrogen-bond donors (Lipinski definition) is 1. The maximum absolute atomic E-state index is 10.9. The molecule has 7 heteroatoms. The smallest absolute Gasteiger partial charge is 0.306 e. The van der Waals surface area contributed by atoms with Crippen LogP contribution in [0.15, 0.2) is 11.1 Å². The second kappa shape index (κ2) is 6.16. The van der Waals surface area contributed by atoms with Gasteiger partial charge in [0.15, 0.2) is 0 Å². The number of rotatable bonds is 5. The van der Waals surface area contributed by atoms with Crippen LogP contribution < -0.4 is 10.5 Å². The van der Waals surface area contributed by atoms with Crippen LogP contribution in [0, 0.1) is 0 Å². The minimum atomic E-state index is -0.249. The fourth-order valence-electron chi connectivity index (χ4n) is 0.940. The van der Waals surface area contributed by atoms with Gasteiger partial charge in [-0.3, -0.25) is 4.79 Å². The molecule has 0 aliphatic carbocycles. The summed E-state index contributed by atoms with van der Waals surface area (Å²) in [4.78, 5) is 18.7. The zero-order valence-corrected chi connectivity index (χ0v) is 9.91. The molecule has 0 aliphatic heterocycles. The number of nitrogens with zero attached hydrogens (tertiary/aromatic N) is 2. The Kier molecular flexibility index (Phi) is 4.84. The summed E-state index contributed by atoms with van der Waals surface area (Å²) < 4.78 is 9.47. The van der Waals surface area contributed by atoms with Gasteiger partial charge >= 0.3 is 5.97 Å². The molecular formula is C9H13N3O3S. The molecule has 0 aromatic carbocycles. The molecule has 2 N–H and O–H groups in total. The molecule has 0 unspecified atom stereocenters. The predicted octanol–water partition coefficient (Wildman–Crippen LogP) is 0.723. The van der Waals surface area contributed by atoms with Gasteiger partial charge in [-0.05, 0) is 0 Å². The Hall–Kier alpha value is -1.50. The lowest BCUT2D eigenvalue weighted by Gasteiger charge is -2.03. The van der Waals surface area contributed by atoms with E-state index in [1.807, 2.05) is 0 Å². The number of ether oxygens (including phenoxy) is 2. The Balaban J connectivity index is 2.53. The summed E-state index contributed by atoms with van der Waals surface area (Å²) in [6.45, 7) is 0. The van der Waals surface area contributed by atoms with Crippen molar-refractivity contribution in [3.63, 3.8) is 0 Å². The zero-order valence-electron chi connectivity index (χ0n) is 9.10. The Labute approximate surface area is 97.5 Å². The summed E-state index contributed by atoms with van der Waals surface area (Å²) in [7, 11) is 2.86. The normalized spacial score (nSPS) is 9.88. The van der Waals surface area contributed by atoms with E-state index in [9.17, 15) is 4.79 Å². The van der Waals surface area contributed by atoms with Gasteiger partial charge in [0.25, 0.3) is 0 Å². The third-order valence-electron chi connectivity index (χ3n) is 1.69. The lowest BCUT2D eigenvalue weighted by Crippen LogP contribution is -2.02. The molecule has 1 rings (SSSR count). The molecule has 16 heavy (non-hydrogen) atoms. The van der Waals surface area contributed by atoms with Crippen LogP contribution in [0.5, 0.6) is 5.88 Å². The number of esters is 1. The van der Waals surface area contributed by atoms with E-state index in [1.54, 1.807) is 6.07 Å². The molecule has 6 nitrogen and oxygen atoms in total. The van der Waals surface area contributed by atoms with Gasteiger partial charge in [0.05, 0.1) is 20.6 Å². The van der Waals surface area contributed by atoms with Crippen LogP contribution in [0.4, 0.5) is 5.95 Å². The largest absolute Gasteiger partial charge is 0.481 e. The van der Waals surface area contributed by atoms with Crippen LogP contribution in [-0.2, 0) is 9.53 Å². The molecule has 0 radical (unpaired) electrons. The highest BCUT2D eigenvalue weighted by atomic mass is 32.2. The van der Waals surface area contributed by atoms with Crippen LogP contribution in [0.1, 0.15) is 6.42 Å². The molecule has 0 bridgehead atoms. The van der Waals surface area contributed by atoms with E-state index in [2.05, 4.69) is 14.7 Å². The van der Waals surface area contributed by atoms with E-state index in [0.717, 1.165) is 0 Å². The lowest BCUT2D eigenvalue weighted by atomic mass is 10.5. The molecule has 0 saturated heterocycles. The van der Waals surface area contributed by atoms with Crippen molar-refractivity contribution in [2.75, 3.05) is 25.7 Å². The summed E-state index contributed by atoms with van der Waals surface area (Å²) in [6, 6.07) is 1.66. The predicted molar refractivity (Wildman–Crippen MR) is 60.4 cm³/mol. The molecule has 0 aliphatic rings. The number of thioether (sulfide) groups is 1. The van der Waals surface area contributed by atoms with Crippen molar-refractivity contribution in [1.29, 1.82) is 0 Å². The minimum Gasteiger partial charge on any atom is -0.481 e. The molecule has 0 atom stereocenters. The highest BCUT2D eigenvalue weighted by Gasteiger charge is 2.05. The van der Waals surface area contributed by atoms with E-state index in [-0.39, 0.29) is 11.9 Å². The third kappa shape index (κ3) is 3.93. The molecule has 0 fully saturated rings. The van der Waals surface area contributed by atoms with Crippen LogP contribution in [0.25, 0.3) is 0 Å². The number of aromatic nitrogens is 2. The lowest BCUT2D eigenvalue weighted by molar-refractivity contribution is -0.140. The van der Waals surface area contributed by atoms with Gasteiger partial charge in [0.1, 0.15) is 5.03 Å². The number of hydrogen-bond acceptors (Lipinski definition) is 7. The standard InChI is InChI=1S/C9H13N3O3S/c1-14-6-5-7(12-9(10)11-6)16-4-3-8(13)15-2/h5H,3-4H2,1-2H3,(H2,10,11,12). The summed E-state index contributed by atoms with van der Waals surface area (Å²) in [5.74, 6) is 0.890. The average Bonchev–Trinajstić information content (AvgIpc) is 2.28. The van der Waals surface area contributed by atoms with Gasteiger partial charge in [-0.1, -0.05) is 0 Å². The number of nitrogen functional groups attached to an aromatic ring is 1. The van der Waals surface area contributed by atoms with Gasteiger partial charge in [0, 0.05) is 11.8 Å². The van der Waals surface area contributed by atoms with Crippen LogP contribution in [0.2, 0.25) is 0 Å². The highest BCUT2D eigenvalue weighted by molar-refractivity contribution is 7.99. The third-order valence-corrected chi connectivity index (χ3v) is 2.60. The molecule has 0 amide bonds. The molecule has 88 valence electrons. The van der Waals surface area contributed by atoms with E-state index in [1.165, 1.54) is 26.0 Å². The van der Waals surface area contributed by atoms with Crippen LogP contribution >= 0.6 is 11.8 Å². The second-order valence-corrected chi connectivity index (χ2v) is 3.90. The minimum absolute atomic E-state index is 0.153. The monoisotopic (exact) mass is 243 g/mol. The quantitative estimate of drug-likeness (QED) is 0.463. The van der Waals surface area contributed by atoms with E-state index in [4.69, 9.17) is 10.5 Å². The zero-order chi connectivity index (χ0) is 12.0. The van der Waals surface area contributed by atoms with Crippen molar-refractivity contribution in [3.05, 3.63) is 6.07 Å². The first-order chi connectivity index (χ1) is 7.65. The first-order valence-electron chi connectivity index (χ1n) is 4.54. The van der Waals surface area contributed by atoms with Crippen molar-refractivity contribution < 1.29 is 14.3 Å². The SMILES string of the molecule is COC(=O)CCSc1cc(OC)nc(N)n1. The van der Waals surface area contributed by atoms with E-state index in [0.29, 0.717) is 23.1 Å². The maximum Gasteiger partial charge on any atom is 0.306 e. The highest BCUT2D eigenvalue weighted by Crippen LogP contribution is 2.21. The Morgan fingerprint density at radius 3 is 2.88 bits per heavy atom. The number of carbonyl (C=O) groups is 1. The average molecular weight is 243 g/mol. The first kappa shape index (κ1) is 12.6. The van der Waals surface area contributed by atoms with Gasteiger partial charge in [0.2, 0.25) is 11.8 Å². The van der Waals surface area contributed by atoms with Gasteiger partial charge in [-0.15, -0.1) is 11.8 Å². The Bertz CT molecular complexity index is 373. The van der Waals surface area contributed by atoms with Crippen molar-refractivity contribution in [1.82, 2.24) is 9.97 Å². The summed E-state index contributed by atoms with van der Waals surface area (Å²) in [5, 5.41) is 0.674.